The standard InChI is InChI=1S/C10H17NO/c1-8(2)7-4-5-9(3,6-7)10(8)11-12-10/h7,11H,4-6H2,1-3H3. The lowest BCUT2D eigenvalue weighted by atomic mass is 9.67. The van der Waals surface area contributed by atoms with Gasteiger partial charge < -0.3 is 0 Å². The number of nitrogens with one attached hydrogen (secondary N) is 1. The maximum absolute atomic E-state index is 5.56. The highest BCUT2D eigenvalue weighted by atomic mass is 16.8. The molecule has 1 heterocycles. The van der Waals surface area contributed by atoms with Gasteiger partial charge in [-0.1, -0.05) is 20.8 Å². The molecule has 12 heavy (non-hydrogen) atoms. The molecule has 1 aliphatic heterocycles. The van der Waals surface area contributed by atoms with Crippen LogP contribution < -0.4 is 5.48 Å². The zero-order valence-corrected chi connectivity index (χ0v) is 8.11. The second-order valence-corrected chi connectivity index (χ2v) is 5.61. The maximum atomic E-state index is 5.56. The second-order valence-electron chi connectivity index (χ2n) is 5.61. The Morgan fingerprint density at radius 1 is 1.33 bits per heavy atom. The van der Waals surface area contributed by atoms with Crippen LogP contribution >= 0.6 is 0 Å². The lowest BCUT2D eigenvalue weighted by molar-refractivity contribution is 0.0304. The first-order chi connectivity index (χ1) is 5.52. The molecule has 1 saturated heterocycles. The van der Waals surface area contributed by atoms with Crippen molar-refractivity contribution in [3.8, 4) is 0 Å². The van der Waals surface area contributed by atoms with Gasteiger partial charge in [0.25, 0.3) is 0 Å². The van der Waals surface area contributed by atoms with Crippen molar-refractivity contribution in [2.75, 3.05) is 0 Å². The summed E-state index contributed by atoms with van der Waals surface area (Å²) in [6.45, 7) is 7.08. The van der Waals surface area contributed by atoms with Crippen LogP contribution in [-0.4, -0.2) is 5.72 Å². The first-order valence-electron chi connectivity index (χ1n) is 4.97. The number of fused-ring (bicyclic) bond motifs is 3. The Balaban J connectivity index is 2.11. The van der Waals surface area contributed by atoms with Crippen molar-refractivity contribution in [1.82, 2.24) is 5.48 Å². The third kappa shape index (κ3) is 0.495. The van der Waals surface area contributed by atoms with Crippen LogP contribution in [0.2, 0.25) is 0 Å². The van der Waals surface area contributed by atoms with E-state index in [0.29, 0.717) is 10.8 Å². The molecule has 0 aromatic rings. The highest BCUT2D eigenvalue weighted by Gasteiger charge is 2.77. The van der Waals surface area contributed by atoms with Gasteiger partial charge in [-0.3, -0.25) is 4.84 Å². The van der Waals surface area contributed by atoms with E-state index in [0.717, 1.165) is 5.92 Å². The van der Waals surface area contributed by atoms with Crippen LogP contribution in [0, 0.1) is 16.7 Å². The van der Waals surface area contributed by atoms with Crippen molar-refractivity contribution in [3.05, 3.63) is 0 Å². The molecule has 0 aromatic heterocycles. The van der Waals surface area contributed by atoms with E-state index in [2.05, 4.69) is 26.3 Å². The molecule has 2 bridgehead atoms. The monoisotopic (exact) mass is 167 g/mol. The molecule has 2 nitrogen and oxygen atoms in total. The number of hydroxylamine groups is 1. The molecule has 2 aliphatic carbocycles. The molecular weight excluding hydrogens is 150 g/mol. The quantitative estimate of drug-likeness (QED) is 0.560. The molecule has 3 aliphatic rings. The van der Waals surface area contributed by atoms with E-state index in [1.165, 1.54) is 19.3 Å². The van der Waals surface area contributed by atoms with Crippen LogP contribution in [0.3, 0.4) is 0 Å². The van der Waals surface area contributed by atoms with Gasteiger partial charge in [0.2, 0.25) is 0 Å². The first kappa shape index (κ1) is 7.34. The molecule has 3 atom stereocenters. The zero-order valence-electron chi connectivity index (χ0n) is 8.11. The molecule has 0 amide bonds. The minimum Gasteiger partial charge on any atom is -0.273 e. The van der Waals surface area contributed by atoms with Crippen LogP contribution in [0.25, 0.3) is 0 Å². The molecule has 1 N–H and O–H groups in total. The van der Waals surface area contributed by atoms with E-state index in [1.807, 2.05) is 0 Å². The SMILES string of the molecule is CC12CCC(C1)C(C)(C)C21NO1. The Labute approximate surface area is 73.6 Å². The predicted octanol–water partition coefficient (Wildman–Crippen LogP) is 2.06. The van der Waals surface area contributed by atoms with E-state index in [-0.39, 0.29) is 5.72 Å². The first-order valence-corrected chi connectivity index (χ1v) is 4.97. The van der Waals surface area contributed by atoms with Crippen molar-refractivity contribution >= 4 is 0 Å². The van der Waals surface area contributed by atoms with Gasteiger partial charge in [0.05, 0.1) is 0 Å². The third-order valence-corrected chi connectivity index (χ3v) is 4.83. The van der Waals surface area contributed by atoms with Crippen LogP contribution in [-0.2, 0) is 4.84 Å². The largest absolute Gasteiger partial charge is 0.273 e. The number of hydrogen-bond acceptors (Lipinski definition) is 2. The van der Waals surface area contributed by atoms with Gasteiger partial charge in [-0.05, 0) is 25.2 Å². The molecule has 3 fully saturated rings. The summed E-state index contributed by atoms with van der Waals surface area (Å²) in [7, 11) is 0. The fraction of sp³-hybridized carbons (Fsp3) is 1.00. The molecule has 68 valence electrons. The second kappa shape index (κ2) is 1.60. The van der Waals surface area contributed by atoms with Crippen LogP contribution in [0.4, 0.5) is 0 Å². The Morgan fingerprint density at radius 3 is 2.33 bits per heavy atom. The lowest BCUT2D eigenvalue weighted by Crippen LogP contribution is -2.46. The molecule has 0 radical (unpaired) electrons. The summed E-state index contributed by atoms with van der Waals surface area (Å²) < 4.78 is 0. The van der Waals surface area contributed by atoms with Crippen molar-refractivity contribution in [2.45, 2.75) is 45.8 Å². The molecule has 1 spiro atoms. The summed E-state index contributed by atoms with van der Waals surface area (Å²) in [6.07, 6.45) is 4.09. The maximum Gasteiger partial charge on any atom is 0.172 e. The number of rotatable bonds is 0. The summed E-state index contributed by atoms with van der Waals surface area (Å²) in [5.41, 5.74) is 3.98. The molecule has 0 aromatic carbocycles. The molecule has 3 rings (SSSR count). The number of hydrogen-bond donors (Lipinski definition) is 1. The van der Waals surface area contributed by atoms with E-state index >= 15 is 0 Å². The van der Waals surface area contributed by atoms with Gasteiger partial charge in [-0.2, -0.15) is 5.48 Å². The van der Waals surface area contributed by atoms with E-state index < -0.39 is 0 Å². The van der Waals surface area contributed by atoms with Crippen LogP contribution in [0.5, 0.6) is 0 Å². The van der Waals surface area contributed by atoms with Crippen LogP contribution in [0.15, 0.2) is 0 Å². The average Bonchev–Trinajstić information content (AvgIpc) is 2.68. The predicted molar refractivity (Wildman–Crippen MR) is 46.2 cm³/mol. The van der Waals surface area contributed by atoms with Crippen molar-refractivity contribution < 1.29 is 4.84 Å². The summed E-state index contributed by atoms with van der Waals surface area (Å²) >= 11 is 0. The Hall–Kier alpha value is -0.0800. The molecule has 2 saturated carbocycles. The normalized spacial score (nSPS) is 59.8. The van der Waals surface area contributed by atoms with Crippen molar-refractivity contribution in [3.63, 3.8) is 0 Å². The fourth-order valence-corrected chi connectivity index (χ4v) is 3.80. The third-order valence-electron chi connectivity index (χ3n) is 4.83. The Morgan fingerprint density at radius 2 is 2.00 bits per heavy atom. The average molecular weight is 167 g/mol. The highest BCUT2D eigenvalue weighted by molar-refractivity contribution is 5.20. The fourth-order valence-electron chi connectivity index (χ4n) is 3.80. The Kier molecular flexibility index (Phi) is 0.978. The topological polar surface area (TPSA) is 34.5 Å². The minimum absolute atomic E-state index is 0.0446. The lowest BCUT2D eigenvalue weighted by Gasteiger charge is -2.38. The summed E-state index contributed by atoms with van der Waals surface area (Å²) in [6, 6.07) is 0. The smallest absolute Gasteiger partial charge is 0.172 e. The molecule has 3 unspecified atom stereocenters. The van der Waals surface area contributed by atoms with Gasteiger partial charge in [-0.15, -0.1) is 0 Å². The highest BCUT2D eigenvalue weighted by Crippen LogP contribution is 2.71. The zero-order chi connectivity index (χ0) is 8.61. The van der Waals surface area contributed by atoms with E-state index in [4.69, 9.17) is 4.84 Å². The van der Waals surface area contributed by atoms with Gasteiger partial charge in [0, 0.05) is 10.8 Å². The van der Waals surface area contributed by atoms with Gasteiger partial charge in [-0.25, -0.2) is 0 Å². The van der Waals surface area contributed by atoms with Crippen LogP contribution in [0.1, 0.15) is 40.0 Å². The van der Waals surface area contributed by atoms with Crippen molar-refractivity contribution in [1.29, 1.82) is 0 Å². The summed E-state index contributed by atoms with van der Waals surface area (Å²) in [5.74, 6) is 0.873. The molecular formula is C10H17NO. The molecule has 2 heteroatoms. The van der Waals surface area contributed by atoms with E-state index in [1.54, 1.807) is 0 Å². The van der Waals surface area contributed by atoms with Gasteiger partial charge in [0.15, 0.2) is 5.72 Å². The van der Waals surface area contributed by atoms with E-state index in [9.17, 15) is 0 Å². The summed E-state index contributed by atoms with van der Waals surface area (Å²) in [4.78, 5) is 5.56. The van der Waals surface area contributed by atoms with Gasteiger partial charge >= 0.3 is 0 Å². The summed E-state index contributed by atoms with van der Waals surface area (Å²) in [5, 5.41) is 0. The Bertz CT molecular complexity index is 237. The minimum atomic E-state index is 0.0446. The van der Waals surface area contributed by atoms with Crippen molar-refractivity contribution in [2.24, 2.45) is 16.7 Å². The van der Waals surface area contributed by atoms with Gasteiger partial charge in [0.1, 0.15) is 0 Å².